The number of hydrogen-bond acceptors (Lipinski definition) is 5. The predicted octanol–water partition coefficient (Wildman–Crippen LogP) is 1.67. The third-order valence-corrected chi connectivity index (χ3v) is 4.73. The number of anilines is 1. The highest BCUT2D eigenvalue weighted by molar-refractivity contribution is 5.61. The van der Waals surface area contributed by atoms with Gasteiger partial charge in [-0.15, -0.1) is 0 Å². The number of hydrogen-bond donors (Lipinski definition) is 2. The molecule has 7 nitrogen and oxygen atoms in total. The zero-order valence-corrected chi connectivity index (χ0v) is 14.7. The Morgan fingerprint density at radius 3 is 2.59 bits per heavy atom. The summed E-state index contributed by atoms with van der Waals surface area (Å²) in [6.45, 7) is 3.49. The van der Waals surface area contributed by atoms with E-state index in [4.69, 9.17) is 4.74 Å². The summed E-state index contributed by atoms with van der Waals surface area (Å²) in [5.41, 5.74) is 1.63. The molecule has 1 aliphatic rings. The van der Waals surface area contributed by atoms with E-state index >= 15 is 0 Å². The Bertz CT molecular complexity index is 845. The number of morpholine rings is 1. The molecule has 0 aromatic heterocycles. The highest BCUT2D eigenvalue weighted by atomic mass is 19.1. The fourth-order valence-electron chi connectivity index (χ4n) is 3.28. The summed E-state index contributed by atoms with van der Waals surface area (Å²) < 4.78 is 18.7. The second-order valence-electron chi connectivity index (χ2n) is 6.35. The van der Waals surface area contributed by atoms with E-state index in [1.807, 2.05) is 6.07 Å². The van der Waals surface area contributed by atoms with Gasteiger partial charge in [-0.05, 0) is 18.2 Å². The number of benzene rings is 2. The standard InChI is InChI=1S/C19H19FN4O3/c20-16-3-1-14(2-4-16)19(23-7-9-27-10-8-23)13-22-18-6-5-17(24(25)26)11-15(18)12-21/h1-6,11,19,22H,7-10,13H2/p+1/t19-/m0/s1. The van der Waals surface area contributed by atoms with Crippen molar-refractivity contribution < 1.29 is 19.0 Å². The number of nitriles is 1. The molecule has 0 aliphatic carbocycles. The van der Waals surface area contributed by atoms with Gasteiger partial charge in [0.15, 0.2) is 0 Å². The van der Waals surface area contributed by atoms with Crippen LogP contribution in [0.1, 0.15) is 17.2 Å². The molecule has 0 saturated carbocycles. The van der Waals surface area contributed by atoms with Gasteiger partial charge in [-0.1, -0.05) is 12.1 Å². The number of nitrogens with one attached hydrogen (secondary N) is 2. The van der Waals surface area contributed by atoms with Crippen LogP contribution in [0.3, 0.4) is 0 Å². The summed E-state index contributed by atoms with van der Waals surface area (Å²) in [6.07, 6.45) is 0. The van der Waals surface area contributed by atoms with Gasteiger partial charge in [0.05, 0.1) is 35.9 Å². The summed E-state index contributed by atoms with van der Waals surface area (Å²) in [7, 11) is 0. The van der Waals surface area contributed by atoms with Gasteiger partial charge in [0.1, 0.15) is 31.0 Å². The Labute approximate surface area is 156 Å². The van der Waals surface area contributed by atoms with E-state index < -0.39 is 4.92 Å². The molecule has 0 unspecified atom stereocenters. The summed E-state index contributed by atoms with van der Waals surface area (Å²) in [5, 5.41) is 23.4. The van der Waals surface area contributed by atoms with E-state index in [0.29, 0.717) is 25.4 Å². The van der Waals surface area contributed by atoms with E-state index in [-0.39, 0.29) is 23.1 Å². The molecule has 0 bridgehead atoms. The van der Waals surface area contributed by atoms with Crippen LogP contribution < -0.4 is 10.2 Å². The van der Waals surface area contributed by atoms with Gasteiger partial charge < -0.3 is 15.0 Å². The average molecular weight is 371 g/mol. The Morgan fingerprint density at radius 2 is 1.96 bits per heavy atom. The van der Waals surface area contributed by atoms with Crippen LogP contribution >= 0.6 is 0 Å². The van der Waals surface area contributed by atoms with E-state index in [2.05, 4.69) is 5.32 Å². The number of nitro groups is 1. The van der Waals surface area contributed by atoms with Crippen molar-refractivity contribution in [3.63, 3.8) is 0 Å². The van der Waals surface area contributed by atoms with Crippen LogP contribution in [0, 0.1) is 27.3 Å². The van der Waals surface area contributed by atoms with E-state index in [9.17, 15) is 19.8 Å². The summed E-state index contributed by atoms with van der Waals surface area (Å²) >= 11 is 0. The number of quaternary nitrogens is 1. The van der Waals surface area contributed by atoms with Crippen molar-refractivity contribution in [2.75, 3.05) is 38.2 Å². The van der Waals surface area contributed by atoms with Gasteiger partial charge >= 0.3 is 0 Å². The minimum Gasteiger partial charge on any atom is -0.378 e. The maximum Gasteiger partial charge on any atom is 0.270 e. The fourth-order valence-corrected chi connectivity index (χ4v) is 3.28. The molecule has 140 valence electrons. The molecule has 1 heterocycles. The molecule has 2 aromatic rings. The first-order valence-electron chi connectivity index (χ1n) is 8.68. The van der Waals surface area contributed by atoms with Crippen LogP contribution in [0.25, 0.3) is 0 Å². The van der Waals surface area contributed by atoms with Crippen LogP contribution in [0.4, 0.5) is 15.8 Å². The first-order chi connectivity index (χ1) is 13.1. The largest absolute Gasteiger partial charge is 0.378 e. The molecule has 2 N–H and O–H groups in total. The van der Waals surface area contributed by atoms with Crippen LogP contribution in [-0.2, 0) is 4.74 Å². The van der Waals surface area contributed by atoms with Gasteiger partial charge in [-0.3, -0.25) is 10.1 Å². The topological polar surface area (TPSA) is 92.6 Å². The number of rotatable bonds is 6. The number of nitro benzene ring substituents is 1. The third-order valence-electron chi connectivity index (χ3n) is 4.73. The third kappa shape index (κ3) is 4.58. The molecule has 27 heavy (non-hydrogen) atoms. The van der Waals surface area contributed by atoms with Crippen molar-refractivity contribution in [3.05, 3.63) is 69.5 Å². The van der Waals surface area contributed by atoms with Gasteiger partial charge in [-0.25, -0.2) is 4.39 Å². The maximum atomic E-state index is 13.3. The minimum absolute atomic E-state index is 0.0382. The lowest BCUT2D eigenvalue weighted by molar-refractivity contribution is -0.937. The quantitative estimate of drug-likeness (QED) is 0.595. The highest BCUT2D eigenvalue weighted by Crippen LogP contribution is 2.22. The Balaban J connectivity index is 1.81. The molecule has 3 rings (SSSR count). The summed E-state index contributed by atoms with van der Waals surface area (Å²) in [4.78, 5) is 11.7. The minimum atomic E-state index is -0.524. The first kappa shape index (κ1) is 18.8. The first-order valence-corrected chi connectivity index (χ1v) is 8.68. The smallest absolute Gasteiger partial charge is 0.270 e. The average Bonchev–Trinajstić information content (AvgIpc) is 2.70. The van der Waals surface area contributed by atoms with Crippen molar-refractivity contribution in [1.82, 2.24) is 0 Å². The van der Waals surface area contributed by atoms with Crippen molar-refractivity contribution in [3.8, 4) is 6.07 Å². The Hall–Kier alpha value is -3.02. The van der Waals surface area contributed by atoms with Crippen LogP contribution in [0.15, 0.2) is 42.5 Å². The Morgan fingerprint density at radius 1 is 1.26 bits per heavy atom. The summed E-state index contributed by atoms with van der Waals surface area (Å²) in [5.74, 6) is -0.287. The van der Waals surface area contributed by atoms with Gasteiger partial charge in [-0.2, -0.15) is 5.26 Å². The predicted molar refractivity (Wildman–Crippen MR) is 97.0 cm³/mol. The van der Waals surface area contributed by atoms with Crippen molar-refractivity contribution in [2.45, 2.75) is 6.04 Å². The molecule has 2 aromatic carbocycles. The maximum absolute atomic E-state index is 13.3. The second kappa shape index (κ2) is 8.58. The van der Waals surface area contributed by atoms with E-state index in [1.54, 1.807) is 18.2 Å². The highest BCUT2D eigenvalue weighted by Gasteiger charge is 2.26. The lowest BCUT2D eigenvalue weighted by atomic mass is 10.0. The van der Waals surface area contributed by atoms with Crippen molar-refractivity contribution >= 4 is 11.4 Å². The molecule has 0 radical (unpaired) electrons. The lowest BCUT2D eigenvalue weighted by Crippen LogP contribution is -3.14. The lowest BCUT2D eigenvalue weighted by Gasteiger charge is -2.32. The SMILES string of the molecule is N#Cc1cc([N+](=O)[O-])ccc1NC[C@@H](c1ccc(F)cc1)[NH+]1CCOCC1. The van der Waals surface area contributed by atoms with Gasteiger partial charge in [0, 0.05) is 17.7 Å². The van der Waals surface area contributed by atoms with E-state index in [0.717, 1.165) is 18.7 Å². The molecule has 0 spiro atoms. The second-order valence-corrected chi connectivity index (χ2v) is 6.35. The molecule has 1 aliphatic heterocycles. The number of halogens is 1. The van der Waals surface area contributed by atoms with E-state index in [1.165, 1.54) is 29.2 Å². The molecule has 1 atom stereocenters. The monoisotopic (exact) mass is 371 g/mol. The molecular formula is C19H20FN4O3+. The molecule has 1 saturated heterocycles. The Kier molecular flexibility index (Phi) is 5.96. The zero-order valence-electron chi connectivity index (χ0n) is 14.7. The van der Waals surface area contributed by atoms with Crippen molar-refractivity contribution in [1.29, 1.82) is 5.26 Å². The normalized spacial score (nSPS) is 15.7. The summed E-state index contributed by atoms with van der Waals surface area (Å²) in [6, 6.07) is 12.6. The molecule has 1 fully saturated rings. The van der Waals surface area contributed by atoms with Gasteiger partial charge in [0.25, 0.3) is 5.69 Å². The van der Waals surface area contributed by atoms with Crippen LogP contribution in [0.5, 0.6) is 0 Å². The van der Waals surface area contributed by atoms with Crippen LogP contribution in [0.2, 0.25) is 0 Å². The van der Waals surface area contributed by atoms with Gasteiger partial charge in [0.2, 0.25) is 0 Å². The number of non-ortho nitro benzene ring substituents is 1. The van der Waals surface area contributed by atoms with Crippen LogP contribution in [-0.4, -0.2) is 37.8 Å². The molecule has 8 heteroatoms. The fraction of sp³-hybridized carbons (Fsp3) is 0.316. The number of ether oxygens (including phenoxy) is 1. The number of nitrogens with zero attached hydrogens (tertiary/aromatic N) is 2. The zero-order chi connectivity index (χ0) is 19.2. The molecule has 0 amide bonds. The van der Waals surface area contributed by atoms with Crippen molar-refractivity contribution in [2.24, 2.45) is 0 Å². The molecular weight excluding hydrogens is 351 g/mol.